The summed E-state index contributed by atoms with van der Waals surface area (Å²) in [5.74, 6) is 0. The minimum Gasteiger partial charge on any atom is -0.211 e. The summed E-state index contributed by atoms with van der Waals surface area (Å²) in [6, 6.07) is 2.25. The van der Waals surface area contributed by atoms with Crippen molar-refractivity contribution in [3.8, 4) is 0 Å². The molecule has 3 rings (SSSR count). The van der Waals surface area contributed by atoms with Crippen LogP contribution < -0.4 is 0 Å². The third kappa shape index (κ3) is 1.19. The number of allylic oxidation sites excluding steroid dienone is 1. The normalized spacial score (nSPS) is 16.0. The standard InChI is InChI=1S/C13H11NO/c15-8-14-13-11-5-1-3-9(11)7-10-4-2-6-12(10)13/h1,3,7H,2,4-6H2. The molecule has 0 amide bonds. The van der Waals surface area contributed by atoms with Gasteiger partial charge >= 0.3 is 0 Å². The van der Waals surface area contributed by atoms with E-state index in [0.29, 0.717) is 0 Å². The van der Waals surface area contributed by atoms with Gasteiger partial charge in [-0.25, -0.2) is 4.79 Å². The molecule has 0 N–H and O–H groups in total. The lowest BCUT2D eigenvalue weighted by molar-refractivity contribution is 0.565. The summed E-state index contributed by atoms with van der Waals surface area (Å²) in [5.41, 5.74) is 6.00. The Labute approximate surface area is 88.3 Å². The molecule has 2 aliphatic carbocycles. The average Bonchev–Trinajstić information content (AvgIpc) is 2.84. The quantitative estimate of drug-likeness (QED) is 0.502. The van der Waals surface area contributed by atoms with E-state index < -0.39 is 0 Å². The predicted molar refractivity (Wildman–Crippen MR) is 59.0 cm³/mol. The fourth-order valence-corrected chi connectivity index (χ4v) is 2.64. The van der Waals surface area contributed by atoms with Crippen molar-refractivity contribution < 1.29 is 4.79 Å². The van der Waals surface area contributed by atoms with E-state index in [1.807, 2.05) is 0 Å². The van der Waals surface area contributed by atoms with E-state index in [2.05, 4.69) is 23.2 Å². The lowest BCUT2D eigenvalue weighted by Gasteiger charge is -2.09. The molecule has 0 saturated heterocycles. The Morgan fingerprint density at radius 1 is 1.27 bits per heavy atom. The summed E-state index contributed by atoms with van der Waals surface area (Å²) in [5, 5.41) is 0. The molecule has 2 aliphatic rings. The number of aliphatic imine (C=N–C) groups is 1. The molecule has 15 heavy (non-hydrogen) atoms. The minimum atomic E-state index is 0.903. The Hall–Kier alpha value is -1.66. The number of rotatable bonds is 1. The Morgan fingerprint density at radius 3 is 3.07 bits per heavy atom. The molecule has 2 heteroatoms. The van der Waals surface area contributed by atoms with E-state index >= 15 is 0 Å². The SMILES string of the molecule is O=C=Nc1c2c(cc3c1CCC3)C=CC2. The van der Waals surface area contributed by atoms with Gasteiger partial charge in [-0.15, -0.1) is 0 Å². The van der Waals surface area contributed by atoms with Crippen LogP contribution in [0.15, 0.2) is 17.1 Å². The summed E-state index contributed by atoms with van der Waals surface area (Å²) in [7, 11) is 0. The number of hydrogen-bond donors (Lipinski definition) is 0. The fraction of sp³-hybridized carbons (Fsp3) is 0.308. The number of hydrogen-bond acceptors (Lipinski definition) is 2. The predicted octanol–water partition coefficient (Wildman–Crippen LogP) is 2.71. The number of fused-ring (bicyclic) bond motifs is 2. The fourth-order valence-electron chi connectivity index (χ4n) is 2.64. The first kappa shape index (κ1) is 8.63. The zero-order valence-corrected chi connectivity index (χ0v) is 8.42. The van der Waals surface area contributed by atoms with Crippen LogP contribution in [0.5, 0.6) is 0 Å². The van der Waals surface area contributed by atoms with Crippen molar-refractivity contribution in [3.05, 3.63) is 34.4 Å². The maximum absolute atomic E-state index is 10.5. The highest BCUT2D eigenvalue weighted by Crippen LogP contribution is 2.39. The van der Waals surface area contributed by atoms with E-state index in [4.69, 9.17) is 0 Å². The van der Waals surface area contributed by atoms with E-state index in [9.17, 15) is 4.79 Å². The summed E-state index contributed by atoms with van der Waals surface area (Å²) in [4.78, 5) is 14.4. The topological polar surface area (TPSA) is 29.4 Å². The van der Waals surface area contributed by atoms with Crippen LogP contribution in [0.25, 0.3) is 6.08 Å². The molecule has 0 aliphatic heterocycles. The number of nitrogens with zero attached hydrogens (tertiary/aromatic N) is 1. The van der Waals surface area contributed by atoms with Crippen LogP contribution in [-0.4, -0.2) is 6.08 Å². The first-order valence-corrected chi connectivity index (χ1v) is 5.32. The zero-order valence-electron chi connectivity index (χ0n) is 8.42. The molecule has 2 nitrogen and oxygen atoms in total. The van der Waals surface area contributed by atoms with Crippen molar-refractivity contribution in [2.45, 2.75) is 25.7 Å². The lowest BCUT2D eigenvalue weighted by atomic mass is 9.99. The molecular weight excluding hydrogens is 186 g/mol. The Morgan fingerprint density at radius 2 is 2.20 bits per heavy atom. The lowest BCUT2D eigenvalue weighted by Crippen LogP contribution is -1.91. The number of aryl methyl sites for hydroxylation is 1. The number of benzene rings is 1. The monoisotopic (exact) mass is 197 g/mol. The summed E-state index contributed by atoms with van der Waals surface area (Å²) in [6.07, 6.45) is 10.2. The van der Waals surface area contributed by atoms with Crippen molar-refractivity contribution in [2.75, 3.05) is 0 Å². The average molecular weight is 197 g/mol. The largest absolute Gasteiger partial charge is 0.240 e. The van der Waals surface area contributed by atoms with Gasteiger partial charge in [-0.2, -0.15) is 4.99 Å². The smallest absolute Gasteiger partial charge is 0.211 e. The van der Waals surface area contributed by atoms with Crippen LogP contribution in [0.4, 0.5) is 5.69 Å². The first-order chi connectivity index (χ1) is 7.40. The van der Waals surface area contributed by atoms with Crippen LogP contribution in [0.1, 0.15) is 28.7 Å². The highest BCUT2D eigenvalue weighted by Gasteiger charge is 2.21. The molecule has 1 aromatic rings. The summed E-state index contributed by atoms with van der Waals surface area (Å²) in [6.45, 7) is 0. The van der Waals surface area contributed by atoms with Gasteiger partial charge in [0.2, 0.25) is 6.08 Å². The third-order valence-corrected chi connectivity index (χ3v) is 3.29. The van der Waals surface area contributed by atoms with Gasteiger partial charge in [0.1, 0.15) is 0 Å². The number of carbonyl (C=O) groups excluding carboxylic acids is 1. The van der Waals surface area contributed by atoms with Crippen molar-refractivity contribution >= 4 is 17.8 Å². The Bertz CT molecular complexity index is 504. The van der Waals surface area contributed by atoms with E-state index in [1.54, 1.807) is 6.08 Å². The van der Waals surface area contributed by atoms with E-state index in [1.165, 1.54) is 28.7 Å². The van der Waals surface area contributed by atoms with Gasteiger partial charge in [-0.3, -0.25) is 0 Å². The van der Waals surface area contributed by atoms with Crippen molar-refractivity contribution in [2.24, 2.45) is 4.99 Å². The Balaban J connectivity index is 2.31. The van der Waals surface area contributed by atoms with Crippen LogP contribution in [-0.2, 0) is 24.1 Å². The molecule has 0 fully saturated rings. The van der Waals surface area contributed by atoms with Gasteiger partial charge < -0.3 is 0 Å². The van der Waals surface area contributed by atoms with Gasteiger partial charge in [0.05, 0.1) is 5.69 Å². The molecule has 74 valence electrons. The molecule has 1 aromatic carbocycles. The molecule has 0 unspecified atom stereocenters. The molecule has 0 radical (unpaired) electrons. The number of isocyanates is 1. The molecule has 0 saturated carbocycles. The zero-order chi connectivity index (χ0) is 10.3. The van der Waals surface area contributed by atoms with Crippen LogP contribution in [0.2, 0.25) is 0 Å². The summed E-state index contributed by atoms with van der Waals surface area (Å²) >= 11 is 0. The molecular formula is C13H11NO. The van der Waals surface area contributed by atoms with Crippen LogP contribution in [0, 0.1) is 0 Å². The maximum atomic E-state index is 10.5. The van der Waals surface area contributed by atoms with Crippen LogP contribution >= 0.6 is 0 Å². The van der Waals surface area contributed by atoms with E-state index in [0.717, 1.165) is 24.9 Å². The second-order valence-electron chi connectivity index (χ2n) is 4.09. The summed E-state index contributed by atoms with van der Waals surface area (Å²) < 4.78 is 0. The van der Waals surface area contributed by atoms with Crippen molar-refractivity contribution in [1.29, 1.82) is 0 Å². The van der Waals surface area contributed by atoms with Crippen molar-refractivity contribution in [1.82, 2.24) is 0 Å². The van der Waals surface area contributed by atoms with Crippen LogP contribution in [0.3, 0.4) is 0 Å². The second-order valence-corrected chi connectivity index (χ2v) is 4.09. The second kappa shape index (κ2) is 3.18. The highest BCUT2D eigenvalue weighted by molar-refractivity contribution is 5.74. The van der Waals surface area contributed by atoms with Gasteiger partial charge in [-0.05, 0) is 47.9 Å². The van der Waals surface area contributed by atoms with E-state index in [-0.39, 0.29) is 0 Å². The third-order valence-electron chi connectivity index (χ3n) is 3.29. The Kier molecular flexibility index (Phi) is 1.83. The first-order valence-electron chi connectivity index (χ1n) is 5.32. The van der Waals surface area contributed by atoms with Gasteiger partial charge in [0.15, 0.2) is 0 Å². The molecule has 0 spiro atoms. The molecule has 0 heterocycles. The van der Waals surface area contributed by atoms with Gasteiger partial charge in [0.25, 0.3) is 0 Å². The van der Waals surface area contributed by atoms with Gasteiger partial charge in [-0.1, -0.05) is 18.2 Å². The van der Waals surface area contributed by atoms with Crippen molar-refractivity contribution in [3.63, 3.8) is 0 Å². The maximum Gasteiger partial charge on any atom is 0.240 e. The molecule has 0 atom stereocenters. The highest BCUT2D eigenvalue weighted by atomic mass is 16.1. The minimum absolute atomic E-state index is 0.903. The molecule has 0 bridgehead atoms. The van der Waals surface area contributed by atoms with Gasteiger partial charge in [0, 0.05) is 0 Å². The molecule has 0 aromatic heterocycles.